The molecule has 1 saturated heterocycles. The van der Waals surface area contributed by atoms with E-state index in [4.69, 9.17) is 0 Å². The Hall–Kier alpha value is -1.98. The SMILES string of the molecule is CC1CCCN(C(=O)C(=O)Nc2c(F)cccc2F)C1. The average molecular weight is 282 g/mol. The summed E-state index contributed by atoms with van der Waals surface area (Å²) in [5, 5.41) is 2.01. The second kappa shape index (κ2) is 5.98. The lowest BCUT2D eigenvalue weighted by atomic mass is 10.0. The van der Waals surface area contributed by atoms with Crippen LogP contribution >= 0.6 is 0 Å². The zero-order valence-corrected chi connectivity index (χ0v) is 11.2. The molecule has 0 saturated carbocycles. The normalized spacial score (nSPS) is 18.8. The van der Waals surface area contributed by atoms with Gasteiger partial charge < -0.3 is 10.2 Å². The molecule has 1 atom stereocenters. The van der Waals surface area contributed by atoms with Gasteiger partial charge in [-0.25, -0.2) is 8.78 Å². The number of hydrogen-bond donors (Lipinski definition) is 1. The Morgan fingerprint density at radius 1 is 1.30 bits per heavy atom. The van der Waals surface area contributed by atoms with Crippen LogP contribution in [0.15, 0.2) is 18.2 Å². The van der Waals surface area contributed by atoms with Crippen LogP contribution in [0, 0.1) is 17.6 Å². The lowest BCUT2D eigenvalue weighted by Crippen LogP contribution is -2.44. The Balaban J connectivity index is 2.06. The molecular weight excluding hydrogens is 266 g/mol. The van der Waals surface area contributed by atoms with Gasteiger partial charge in [-0.2, -0.15) is 0 Å². The van der Waals surface area contributed by atoms with Crippen LogP contribution in [-0.2, 0) is 9.59 Å². The van der Waals surface area contributed by atoms with Crippen LogP contribution < -0.4 is 5.32 Å². The van der Waals surface area contributed by atoms with E-state index in [0.29, 0.717) is 19.0 Å². The van der Waals surface area contributed by atoms with Crippen molar-refractivity contribution < 1.29 is 18.4 Å². The number of carbonyl (C=O) groups excluding carboxylic acids is 2. The van der Waals surface area contributed by atoms with Crippen molar-refractivity contribution in [2.24, 2.45) is 5.92 Å². The molecule has 1 fully saturated rings. The van der Waals surface area contributed by atoms with E-state index in [1.54, 1.807) is 0 Å². The number of rotatable bonds is 1. The highest BCUT2D eigenvalue weighted by Crippen LogP contribution is 2.19. The van der Waals surface area contributed by atoms with Gasteiger partial charge in [-0.15, -0.1) is 0 Å². The number of anilines is 1. The summed E-state index contributed by atoms with van der Waals surface area (Å²) >= 11 is 0. The smallest absolute Gasteiger partial charge is 0.314 e. The van der Waals surface area contributed by atoms with Crippen molar-refractivity contribution in [2.45, 2.75) is 19.8 Å². The number of nitrogens with one attached hydrogen (secondary N) is 1. The van der Waals surface area contributed by atoms with E-state index in [1.165, 1.54) is 11.0 Å². The van der Waals surface area contributed by atoms with E-state index in [9.17, 15) is 18.4 Å². The molecule has 1 unspecified atom stereocenters. The van der Waals surface area contributed by atoms with Gasteiger partial charge >= 0.3 is 11.8 Å². The zero-order valence-electron chi connectivity index (χ0n) is 11.2. The van der Waals surface area contributed by atoms with Crippen molar-refractivity contribution >= 4 is 17.5 Å². The highest BCUT2D eigenvalue weighted by Gasteiger charge is 2.27. The van der Waals surface area contributed by atoms with Crippen molar-refractivity contribution in [1.82, 2.24) is 4.90 Å². The summed E-state index contributed by atoms with van der Waals surface area (Å²) in [6.45, 7) is 2.98. The number of likely N-dealkylation sites (tertiary alicyclic amines) is 1. The second-order valence-corrected chi connectivity index (χ2v) is 5.05. The molecule has 2 rings (SSSR count). The minimum Gasteiger partial charge on any atom is -0.334 e. The molecule has 0 bridgehead atoms. The van der Waals surface area contributed by atoms with Crippen LogP contribution in [0.1, 0.15) is 19.8 Å². The van der Waals surface area contributed by atoms with Crippen LogP contribution in [0.3, 0.4) is 0 Å². The molecule has 1 N–H and O–H groups in total. The summed E-state index contributed by atoms with van der Waals surface area (Å²) < 4.78 is 26.8. The highest BCUT2D eigenvalue weighted by molar-refractivity contribution is 6.39. The van der Waals surface area contributed by atoms with Crippen LogP contribution in [0.5, 0.6) is 0 Å². The maximum absolute atomic E-state index is 13.4. The van der Waals surface area contributed by atoms with Gasteiger partial charge in [0.25, 0.3) is 0 Å². The predicted octanol–water partition coefficient (Wildman–Crippen LogP) is 2.16. The van der Waals surface area contributed by atoms with Gasteiger partial charge in [0, 0.05) is 13.1 Å². The van der Waals surface area contributed by atoms with Crippen molar-refractivity contribution in [3.05, 3.63) is 29.8 Å². The summed E-state index contributed by atoms with van der Waals surface area (Å²) in [5.74, 6) is -3.25. The molecule has 2 amide bonds. The van der Waals surface area contributed by atoms with Gasteiger partial charge in [-0.3, -0.25) is 9.59 Å². The standard InChI is InChI=1S/C14H16F2N2O2/c1-9-4-3-7-18(8-9)14(20)13(19)17-12-10(15)5-2-6-11(12)16/h2,5-6,9H,3-4,7-8H2,1H3,(H,17,19). The van der Waals surface area contributed by atoms with Gasteiger partial charge in [0.15, 0.2) is 0 Å². The molecule has 1 aliphatic heterocycles. The Morgan fingerprint density at radius 2 is 1.95 bits per heavy atom. The Labute approximate surface area is 115 Å². The first kappa shape index (κ1) is 14.4. The number of nitrogens with zero attached hydrogens (tertiary/aromatic N) is 1. The number of halogens is 2. The number of benzene rings is 1. The van der Waals surface area contributed by atoms with Gasteiger partial charge in [-0.05, 0) is 30.9 Å². The lowest BCUT2D eigenvalue weighted by Gasteiger charge is -2.30. The van der Waals surface area contributed by atoms with Crippen LogP contribution in [0.2, 0.25) is 0 Å². The highest BCUT2D eigenvalue weighted by atomic mass is 19.1. The average Bonchev–Trinajstić information content (AvgIpc) is 2.42. The molecule has 0 spiro atoms. The van der Waals surface area contributed by atoms with E-state index in [1.807, 2.05) is 12.2 Å². The van der Waals surface area contributed by atoms with E-state index in [-0.39, 0.29) is 0 Å². The third kappa shape index (κ3) is 3.12. The minimum absolute atomic E-state index is 0.325. The zero-order chi connectivity index (χ0) is 14.7. The van der Waals surface area contributed by atoms with Gasteiger partial charge in [0.2, 0.25) is 0 Å². The van der Waals surface area contributed by atoms with Gasteiger partial charge in [0.1, 0.15) is 17.3 Å². The molecule has 108 valence electrons. The molecule has 20 heavy (non-hydrogen) atoms. The summed E-state index contributed by atoms with van der Waals surface area (Å²) in [7, 11) is 0. The largest absolute Gasteiger partial charge is 0.334 e. The topological polar surface area (TPSA) is 49.4 Å². The van der Waals surface area contributed by atoms with E-state index in [0.717, 1.165) is 25.0 Å². The predicted molar refractivity (Wildman–Crippen MR) is 70.0 cm³/mol. The molecule has 1 aliphatic rings. The first-order chi connectivity index (χ1) is 9.49. The maximum Gasteiger partial charge on any atom is 0.314 e. The van der Waals surface area contributed by atoms with E-state index >= 15 is 0 Å². The molecule has 0 aromatic heterocycles. The number of amides is 2. The first-order valence-electron chi connectivity index (χ1n) is 6.53. The van der Waals surface area contributed by atoms with Crippen LogP contribution in [0.4, 0.5) is 14.5 Å². The van der Waals surface area contributed by atoms with E-state index in [2.05, 4.69) is 0 Å². The molecule has 6 heteroatoms. The lowest BCUT2D eigenvalue weighted by molar-refractivity contribution is -0.144. The van der Waals surface area contributed by atoms with Crippen molar-refractivity contribution in [2.75, 3.05) is 18.4 Å². The Morgan fingerprint density at radius 3 is 2.55 bits per heavy atom. The third-order valence-electron chi connectivity index (χ3n) is 3.34. The number of piperidine rings is 1. The quantitative estimate of drug-likeness (QED) is 0.802. The fourth-order valence-electron chi connectivity index (χ4n) is 2.30. The van der Waals surface area contributed by atoms with Gasteiger partial charge in [-0.1, -0.05) is 13.0 Å². The molecule has 0 radical (unpaired) electrons. The van der Waals surface area contributed by atoms with Crippen molar-refractivity contribution in [3.63, 3.8) is 0 Å². The fraction of sp³-hybridized carbons (Fsp3) is 0.429. The summed E-state index contributed by atoms with van der Waals surface area (Å²) in [6, 6.07) is 3.23. The molecule has 1 aromatic rings. The summed E-state index contributed by atoms with van der Waals surface area (Å²) in [4.78, 5) is 25.1. The van der Waals surface area contributed by atoms with Gasteiger partial charge in [0.05, 0.1) is 0 Å². The van der Waals surface area contributed by atoms with Crippen molar-refractivity contribution in [3.8, 4) is 0 Å². The molecule has 1 heterocycles. The van der Waals surface area contributed by atoms with Crippen LogP contribution in [-0.4, -0.2) is 29.8 Å². The maximum atomic E-state index is 13.4. The molecule has 1 aromatic carbocycles. The third-order valence-corrected chi connectivity index (χ3v) is 3.34. The van der Waals surface area contributed by atoms with E-state index < -0.39 is 29.1 Å². The number of hydrogen-bond acceptors (Lipinski definition) is 2. The fourth-order valence-corrected chi connectivity index (χ4v) is 2.30. The molecular formula is C14H16F2N2O2. The second-order valence-electron chi connectivity index (χ2n) is 5.05. The summed E-state index contributed by atoms with van der Waals surface area (Å²) in [5.41, 5.74) is -0.587. The Bertz CT molecular complexity index is 514. The minimum atomic E-state index is -1.01. The van der Waals surface area contributed by atoms with Crippen LogP contribution in [0.25, 0.3) is 0 Å². The first-order valence-corrected chi connectivity index (χ1v) is 6.53. The van der Waals surface area contributed by atoms with Crippen molar-refractivity contribution in [1.29, 1.82) is 0 Å². The number of para-hydroxylation sites is 1. The monoisotopic (exact) mass is 282 g/mol. The molecule has 0 aliphatic carbocycles. The Kier molecular flexibility index (Phi) is 4.32. The summed E-state index contributed by atoms with van der Waals surface area (Å²) in [6.07, 6.45) is 1.83. The number of carbonyl (C=O) groups is 2. The molecule has 4 nitrogen and oxygen atoms in total.